The van der Waals surface area contributed by atoms with Crippen LogP contribution in [0.5, 0.6) is 0 Å². The van der Waals surface area contributed by atoms with Gasteiger partial charge in [0.25, 0.3) is 5.91 Å². The van der Waals surface area contributed by atoms with Crippen molar-refractivity contribution in [2.75, 3.05) is 13.1 Å². The number of hydrogen-bond donors (Lipinski definition) is 4. The fraction of sp³-hybridized carbons (Fsp3) is 0.613. The third-order valence-electron chi connectivity index (χ3n) is 5.48. The number of benzene rings is 1. The monoisotopic (exact) mass is 714 g/mol. The zero-order valence-corrected chi connectivity index (χ0v) is 29.5. The molecule has 0 saturated carbocycles. The number of ether oxygens (including phenoxy) is 3. The summed E-state index contributed by atoms with van der Waals surface area (Å²) in [7, 11) is 0. The van der Waals surface area contributed by atoms with Gasteiger partial charge in [-0.3, -0.25) is 24.4 Å². The van der Waals surface area contributed by atoms with Crippen molar-refractivity contribution in [3.63, 3.8) is 0 Å². The molecule has 15 heteroatoms. The molecular weight excluding hydrogens is 668 g/mol. The molecule has 14 nitrogen and oxygen atoms in total. The maximum absolute atomic E-state index is 13.0. The molecule has 0 aliphatic heterocycles. The van der Waals surface area contributed by atoms with Crippen LogP contribution in [0, 0.1) is 0 Å². The Labute approximate surface area is 278 Å². The van der Waals surface area contributed by atoms with Crippen LogP contribution < -0.4 is 16.0 Å². The van der Waals surface area contributed by atoms with Crippen LogP contribution in [0.1, 0.15) is 91.9 Å². The highest BCUT2D eigenvalue weighted by Crippen LogP contribution is 2.14. The quantitative estimate of drug-likeness (QED) is 0.102. The van der Waals surface area contributed by atoms with Crippen molar-refractivity contribution in [1.82, 2.24) is 21.0 Å². The molecule has 0 saturated heterocycles. The minimum absolute atomic E-state index is 0.186. The summed E-state index contributed by atoms with van der Waals surface area (Å²) in [5.74, 6) is -3.71. The van der Waals surface area contributed by atoms with Crippen LogP contribution in [0.15, 0.2) is 28.7 Å². The summed E-state index contributed by atoms with van der Waals surface area (Å²) in [6.07, 6.45) is -1.67. The second-order valence-electron chi connectivity index (χ2n) is 13.4. The number of hydrogen-bond acceptors (Lipinski definition) is 10. The van der Waals surface area contributed by atoms with Crippen LogP contribution in [-0.2, 0) is 33.4 Å². The van der Waals surface area contributed by atoms with Gasteiger partial charge in [-0.25, -0.2) is 14.7 Å². The van der Waals surface area contributed by atoms with E-state index >= 15 is 0 Å². The molecule has 258 valence electrons. The molecule has 0 aromatic heterocycles. The lowest BCUT2D eigenvalue weighted by Gasteiger charge is -2.26. The van der Waals surface area contributed by atoms with Crippen LogP contribution in [0.2, 0.25) is 0 Å². The minimum atomic E-state index is -1.30. The van der Waals surface area contributed by atoms with Crippen molar-refractivity contribution in [1.29, 1.82) is 0 Å². The fourth-order valence-corrected chi connectivity index (χ4v) is 3.90. The van der Waals surface area contributed by atoms with Gasteiger partial charge in [0.05, 0.1) is 6.54 Å². The fourth-order valence-electron chi connectivity index (χ4n) is 3.64. The number of nitrogens with zero attached hydrogens (tertiary/aromatic N) is 1. The van der Waals surface area contributed by atoms with Crippen molar-refractivity contribution < 1.29 is 48.2 Å². The molecule has 4 amide bonds. The van der Waals surface area contributed by atoms with Gasteiger partial charge in [-0.15, -0.1) is 0 Å². The maximum Gasteiger partial charge on any atom is 0.408 e. The molecule has 0 fully saturated rings. The standard InChI is InChI=1S/C31H47BrN4O10/c1-29(2,3)44-24(38)18-33-25(39)21(16-17-36(43)26(40)19-10-12-20(32)13-11-19)34-23(37)15-14-22(27(41)45-30(4,5)6)35-28(42)46-31(7,8)9/h10-13,21-22,43H,14-18H2,1-9H3,(H,33,39)(H,34,37)(H,35,42)/t21-,22-/m0/s1. The van der Waals surface area contributed by atoms with Crippen molar-refractivity contribution >= 4 is 51.7 Å². The Morgan fingerprint density at radius 1 is 0.783 bits per heavy atom. The highest BCUT2D eigenvalue weighted by molar-refractivity contribution is 9.10. The topological polar surface area (TPSA) is 190 Å². The predicted octanol–water partition coefficient (Wildman–Crippen LogP) is 3.63. The lowest BCUT2D eigenvalue weighted by atomic mass is 10.1. The summed E-state index contributed by atoms with van der Waals surface area (Å²) in [6, 6.07) is 3.67. The number of nitrogens with one attached hydrogen (secondary N) is 3. The first kappa shape index (κ1) is 40.3. The van der Waals surface area contributed by atoms with Gasteiger partial charge < -0.3 is 30.2 Å². The normalized spacial score (nSPS) is 13.0. The van der Waals surface area contributed by atoms with E-state index in [2.05, 4.69) is 31.9 Å². The Balaban J connectivity index is 3.03. The molecule has 1 rings (SSSR count). The molecule has 0 heterocycles. The van der Waals surface area contributed by atoms with Crippen molar-refractivity contribution in [2.45, 2.75) is 110 Å². The van der Waals surface area contributed by atoms with E-state index in [-0.39, 0.29) is 31.4 Å². The first-order valence-electron chi connectivity index (χ1n) is 14.7. The first-order valence-corrected chi connectivity index (χ1v) is 15.5. The Bertz CT molecular complexity index is 1230. The highest BCUT2D eigenvalue weighted by atomic mass is 79.9. The molecular formula is C31H47BrN4O10. The van der Waals surface area contributed by atoms with Crippen LogP contribution in [0.4, 0.5) is 4.79 Å². The molecule has 0 spiro atoms. The molecule has 0 bridgehead atoms. The van der Waals surface area contributed by atoms with Gasteiger partial charge in [0.2, 0.25) is 11.8 Å². The molecule has 1 aromatic carbocycles. The molecule has 0 aliphatic rings. The van der Waals surface area contributed by atoms with Gasteiger partial charge in [0.1, 0.15) is 35.4 Å². The van der Waals surface area contributed by atoms with Gasteiger partial charge in [0.15, 0.2) is 0 Å². The van der Waals surface area contributed by atoms with Crippen LogP contribution in [0.25, 0.3) is 0 Å². The summed E-state index contributed by atoms with van der Waals surface area (Å²) in [5.41, 5.74) is -2.34. The summed E-state index contributed by atoms with van der Waals surface area (Å²) >= 11 is 3.27. The number of rotatable bonds is 13. The van der Waals surface area contributed by atoms with Gasteiger partial charge in [0, 0.05) is 16.5 Å². The summed E-state index contributed by atoms with van der Waals surface area (Å²) in [5, 5.41) is 18.1. The second kappa shape index (κ2) is 17.3. The van der Waals surface area contributed by atoms with Gasteiger partial charge >= 0.3 is 18.0 Å². The number of carbonyl (C=O) groups is 6. The number of alkyl carbamates (subject to hydrolysis) is 1. The van der Waals surface area contributed by atoms with E-state index in [1.54, 1.807) is 74.4 Å². The number of amides is 4. The van der Waals surface area contributed by atoms with E-state index in [0.29, 0.717) is 5.06 Å². The van der Waals surface area contributed by atoms with E-state index in [1.807, 2.05) is 0 Å². The van der Waals surface area contributed by atoms with Gasteiger partial charge in [-0.2, -0.15) is 0 Å². The minimum Gasteiger partial charge on any atom is -0.459 e. The Morgan fingerprint density at radius 3 is 1.85 bits per heavy atom. The lowest BCUT2D eigenvalue weighted by Crippen LogP contribution is -2.50. The zero-order valence-electron chi connectivity index (χ0n) is 27.9. The van der Waals surface area contributed by atoms with Crippen molar-refractivity contribution in [3.8, 4) is 0 Å². The van der Waals surface area contributed by atoms with E-state index < -0.39 is 71.2 Å². The Kier molecular flexibility index (Phi) is 15.1. The largest absolute Gasteiger partial charge is 0.459 e. The second-order valence-corrected chi connectivity index (χ2v) is 14.3. The first-order chi connectivity index (χ1) is 21.0. The summed E-state index contributed by atoms with van der Waals surface area (Å²) < 4.78 is 16.5. The van der Waals surface area contributed by atoms with Gasteiger partial charge in [-0.05, 0) is 99.4 Å². The molecule has 4 N–H and O–H groups in total. The number of halogens is 1. The van der Waals surface area contributed by atoms with Crippen LogP contribution >= 0.6 is 15.9 Å². The van der Waals surface area contributed by atoms with E-state index in [4.69, 9.17) is 14.2 Å². The summed E-state index contributed by atoms with van der Waals surface area (Å²) in [6.45, 7) is 14.0. The Hall–Kier alpha value is -3.72. The molecule has 1 aromatic rings. The molecule has 46 heavy (non-hydrogen) atoms. The van der Waals surface area contributed by atoms with Crippen molar-refractivity contribution in [3.05, 3.63) is 34.3 Å². The third-order valence-corrected chi connectivity index (χ3v) is 6.00. The SMILES string of the molecule is CC(C)(C)OC(=O)CNC(=O)[C@H](CCN(O)C(=O)c1ccc(Br)cc1)NC(=O)CC[C@H](NC(=O)OC(C)(C)C)C(=O)OC(C)(C)C. The number of hydroxylamine groups is 2. The zero-order chi connectivity index (χ0) is 35.5. The van der Waals surface area contributed by atoms with E-state index in [1.165, 1.54) is 12.1 Å². The summed E-state index contributed by atoms with van der Waals surface area (Å²) in [4.78, 5) is 76.1. The highest BCUT2D eigenvalue weighted by Gasteiger charge is 2.30. The predicted molar refractivity (Wildman–Crippen MR) is 171 cm³/mol. The van der Waals surface area contributed by atoms with Crippen molar-refractivity contribution in [2.24, 2.45) is 0 Å². The Morgan fingerprint density at radius 2 is 1.33 bits per heavy atom. The number of carbonyl (C=O) groups excluding carboxylic acids is 6. The van der Waals surface area contributed by atoms with Crippen LogP contribution in [0.3, 0.4) is 0 Å². The van der Waals surface area contributed by atoms with Crippen LogP contribution in [-0.4, -0.2) is 88.0 Å². The van der Waals surface area contributed by atoms with E-state index in [0.717, 1.165) is 4.47 Å². The lowest BCUT2D eigenvalue weighted by molar-refractivity contribution is -0.158. The number of esters is 2. The molecule has 0 unspecified atom stereocenters. The molecule has 0 radical (unpaired) electrons. The average molecular weight is 716 g/mol. The van der Waals surface area contributed by atoms with Gasteiger partial charge in [-0.1, -0.05) is 15.9 Å². The third kappa shape index (κ3) is 17.1. The maximum atomic E-state index is 13.0. The average Bonchev–Trinajstić information content (AvgIpc) is 2.88. The smallest absolute Gasteiger partial charge is 0.408 e. The molecule has 2 atom stereocenters. The van der Waals surface area contributed by atoms with E-state index in [9.17, 15) is 34.0 Å². The molecule has 0 aliphatic carbocycles.